The summed E-state index contributed by atoms with van der Waals surface area (Å²) in [6.07, 6.45) is 5.57. The molecule has 0 unspecified atom stereocenters. The molecule has 1 amide bonds. The molecule has 0 atom stereocenters. The van der Waals surface area contributed by atoms with E-state index in [0.717, 1.165) is 16.9 Å². The summed E-state index contributed by atoms with van der Waals surface area (Å²) in [6, 6.07) is 8.34. The highest BCUT2D eigenvalue weighted by atomic mass is 19.2. The third-order valence-electron chi connectivity index (χ3n) is 5.37. The molecule has 0 aliphatic rings. The van der Waals surface area contributed by atoms with E-state index in [1.165, 1.54) is 25.4 Å². The Hall–Kier alpha value is -4.05. The number of halogens is 2. The number of fused-ring (bicyclic) bond motifs is 1. The number of rotatable bonds is 8. The molecule has 8 nitrogen and oxygen atoms in total. The lowest BCUT2D eigenvalue weighted by atomic mass is 10.1. The molecule has 0 bridgehead atoms. The van der Waals surface area contributed by atoms with Crippen molar-refractivity contribution in [2.24, 2.45) is 5.73 Å². The highest BCUT2D eigenvalue weighted by Crippen LogP contribution is 2.32. The van der Waals surface area contributed by atoms with Gasteiger partial charge < -0.3 is 21.1 Å². The second kappa shape index (κ2) is 9.84. The Morgan fingerprint density at radius 1 is 1.18 bits per heavy atom. The standard InChI is InChI=1S/C24H24F2N6O2/c1-3-14-12-15(4-6-17(14)31-20(33)8-9-27)30-23-24-29-13-18(32(24)11-10-28-23)16-5-7-19(34-2)22(26)21(16)25/h4-7,10-13H,3,8-9,27H2,1-2H3,(H,28,30)(H,31,33). The molecule has 0 aliphatic heterocycles. The number of ether oxygens (including phenoxy) is 1. The Morgan fingerprint density at radius 2 is 2.00 bits per heavy atom. The maximum atomic E-state index is 14.7. The number of nitrogens with one attached hydrogen (secondary N) is 2. The summed E-state index contributed by atoms with van der Waals surface area (Å²) in [5, 5.41) is 6.09. The molecule has 2 aromatic carbocycles. The second-order valence-corrected chi connectivity index (χ2v) is 7.49. The van der Waals surface area contributed by atoms with Gasteiger partial charge in [-0.05, 0) is 42.3 Å². The predicted molar refractivity (Wildman–Crippen MR) is 126 cm³/mol. The van der Waals surface area contributed by atoms with E-state index in [1.807, 2.05) is 25.1 Å². The van der Waals surface area contributed by atoms with Crippen LogP contribution in [0.1, 0.15) is 18.9 Å². The molecule has 0 radical (unpaired) electrons. The fraction of sp³-hybridized carbons (Fsp3) is 0.208. The average Bonchev–Trinajstić information content (AvgIpc) is 3.27. The molecular formula is C24H24F2N6O2. The quantitative estimate of drug-likeness (QED) is 0.358. The third-order valence-corrected chi connectivity index (χ3v) is 5.37. The molecule has 34 heavy (non-hydrogen) atoms. The first kappa shape index (κ1) is 23.1. The van der Waals surface area contributed by atoms with E-state index in [-0.39, 0.29) is 30.2 Å². The number of carbonyl (C=O) groups is 1. The smallest absolute Gasteiger partial charge is 0.225 e. The molecule has 2 heterocycles. The van der Waals surface area contributed by atoms with Gasteiger partial charge in [-0.15, -0.1) is 0 Å². The highest BCUT2D eigenvalue weighted by molar-refractivity contribution is 5.92. The lowest BCUT2D eigenvalue weighted by Gasteiger charge is -2.13. The average molecular weight is 466 g/mol. The molecule has 4 aromatic rings. The minimum Gasteiger partial charge on any atom is -0.494 e. The summed E-state index contributed by atoms with van der Waals surface area (Å²) in [6.45, 7) is 2.27. The number of methoxy groups -OCH3 is 1. The van der Waals surface area contributed by atoms with Crippen LogP contribution in [0.25, 0.3) is 16.9 Å². The Balaban J connectivity index is 1.67. The zero-order valence-corrected chi connectivity index (χ0v) is 18.7. The first-order chi connectivity index (χ1) is 16.5. The second-order valence-electron chi connectivity index (χ2n) is 7.49. The van der Waals surface area contributed by atoms with Gasteiger partial charge >= 0.3 is 0 Å². The fourth-order valence-corrected chi connectivity index (χ4v) is 3.66. The fourth-order valence-electron chi connectivity index (χ4n) is 3.66. The van der Waals surface area contributed by atoms with Crippen molar-refractivity contribution in [1.29, 1.82) is 0 Å². The molecule has 0 saturated heterocycles. The number of hydrogen-bond acceptors (Lipinski definition) is 6. The molecule has 2 aromatic heterocycles. The van der Waals surface area contributed by atoms with Crippen LogP contribution in [-0.4, -0.2) is 33.9 Å². The monoisotopic (exact) mass is 466 g/mol. The molecule has 0 saturated carbocycles. The number of imidazole rings is 1. The van der Waals surface area contributed by atoms with Gasteiger partial charge in [0.1, 0.15) is 0 Å². The van der Waals surface area contributed by atoms with Crippen molar-refractivity contribution in [1.82, 2.24) is 14.4 Å². The van der Waals surface area contributed by atoms with Crippen LogP contribution >= 0.6 is 0 Å². The summed E-state index contributed by atoms with van der Waals surface area (Å²) in [4.78, 5) is 20.7. The van der Waals surface area contributed by atoms with Crippen LogP contribution in [0.4, 0.5) is 26.0 Å². The van der Waals surface area contributed by atoms with E-state index in [1.54, 1.807) is 16.8 Å². The Bertz CT molecular complexity index is 1360. The largest absolute Gasteiger partial charge is 0.494 e. The van der Waals surface area contributed by atoms with Crippen molar-refractivity contribution in [3.63, 3.8) is 0 Å². The van der Waals surface area contributed by atoms with Crippen molar-refractivity contribution in [3.8, 4) is 17.0 Å². The number of amides is 1. The molecule has 4 rings (SSSR count). The predicted octanol–water partition coefficient (Wildman–Crippen LogP) is 4.28. The zero-order valence-electron chi connectivity index (χ0n) is 18.7. The van der Waals surface area contributed by atoms with Gasteiger partial charge in [0, 0.05) is 42.3 Å². The Labute approximate surface area is 194 Å². The molecule has 176 valence electrons. The van der Waals surface area contributed by atoms with E-state index in [4.69, 9.17) is 10.5 Å². The van der Waals surface area contributed by atoms with E-state index >= 15 is 0 Å². The number of nitrogens with zero attached hydrogens (tertiary/aromatic N) is 3. The van der Waals surface area contributed by atoms with Crippen molar-refractivity contribution < 1.29 is 18.3 Å². The normalized spacial score (nSPS) is 11.0. The Kier molecular flexibility index (Phi) is 6.69. The van der Waals surface area contributed by atoms with Crippen molar-refractivity contribution >= 4 is 28.7 Å². The summed E-state index contributed by atoms with van der Waals surface area (Å²) >= 11 is 0. The van der Waals surface area contributed by atoms with Gasteiger partial charge in [-0.3, -0.25) is 9.20 Å². The SMILES string of the molecule is CCc1cc(Nc2nccn3c(-c4ccc(OC)c(F)c4F)cnc23)ccc1NC(=O)CCN. The van der Waals surface area contributed by atoms with Gasteiger partial charge in [0.2, 0.25) is 11.7 Å². The molecule has 0 fully saturated rings. The van der Waals surface area contributed by atoms with Crippen LogP contribution < -0.4 is 21.1 Å². The van der Waals surface area contributed by atoms with Crippen LogP contribution in [0.15, 0.2) is 48.9 Å². The van der Waals surface area contributed by atoms with Crippen molar-refractivity contribution in [2.45, 2.75) is 19.8 Å². The van der Waals surface area contributed by atoms with E-state index in [0.29, 0.717) is 23.6 Å². The molecule has 4 N–H and O–H groups in total. The number of aryl methyl sites for hydroxylation is 1. The summed E-state index contributed by atoms with van der Waals surface area (Å²) < 4.78 is 35.4. The van der Waals surface area contributed by atoms with E-state index in [9.17, 15) is 13.6 Å². The lowest BCUT2D eigenvalue weighted by Crippen LogP contribution is -2.17. The number of anilines is 3. The summed E-state index contributed by atoms with van der Waals surface area (Å²) in [5.41, 5.74) is 8.69. The van der Waals surface area contributed by atoms with Crippen LogP contribution in [0.3, 0.4) is 0 Å². The van der Waals surface area contributed by atoms with Gasteiger partial charge in [-0.25, -0.2) is 14.4 Å². The van der Waals surface area contributed by atoms with E-state index < -0.39 is 11.6 Å². The first-order valence-corrected chi connectivity index (χ1v) is 10.7. The third kappa shape index (κ3) is 4.40. The maximum absolute atomic E-state index is 14.7. The van der Waals surface area contributed by atoms with Gasteiger partial charge in [0.25, 0.3) is 0 Å². The van der Waals surface area contributed by atoms with Crippen LogP contribution in [0, 0.1) is 11.6 Å². The minimum absolute atomic E-state index is 0.0498. The van der Waals surface area contributed by atoms with Crippen molar-refractivity contribution in [2.75, 3.05) is 24.3 Å². The summed E-state index contributed by atoms with van der Waals surface area (Å²) in [7, 11) is 1.28. The number of carbonyl (C=O) groups excluding carboxylic acids is 1. The maximum Gasteiger partial charge on any atom is 0.225 e. The van der Waals surface area contributed by atoms with Gasteiger partial charge in [0.05, 0.1) is 19.0 Å². The van der Waals surface area contributed by atoms with Crippen LogP contribution in [0.5, 0.6) is 5.75 Å². The van der Waals surface area contributed by atoms with Crippen LogP contribution in [-0.2, 0) is 11.2 Å². The van der Waals surface area contributed by atoms with Gasteiger partial charge in [0.15, 0.2) is 23.0 Å². The molecular weight excluding hydrogens is 442 g/mol. The number of benzene rings is 2. The highest BCUT2D eigenvalue weighted by Gasteiger charge is 2.19. The number of nitrogens with two attached hydrogens (primary N) is 1. The van der Waals surface area contributed by atoms with Crippen LogP contribution in [0.2, 0.25) is 0 Å². The minimum atomic E-state index is -1.06. The molecule has 0 spiro atoms. The number of aromatic nitrogens is 3. The van der Waals surface area contributed by atoms with E-state index in [2.05, 4.69) is 20.6 Å². The number of hydrogen-bond donors (Lipinski definition) is 3. The van der Waals surface area contributed by atoms with Gasteiger partial charge in [-0.2, -0.15) is 4.39 Å². The first-order valence-electron chi connectivity index (χ1n) is 10.7. The lowest BCUT2D eigenvalue weighted by molar-refractivity contribution is -0.116. The molecule has 10 heteroatoms. The van der Waals surface area contributed by atoms with Gasteiger partial charge in [-0.1, -0.05) is 6.92 Å². The van der Waals surface area contributed by atoms with Crippen molar-refractivity contribution in [3.05, 3.63) is 66.1 Å². The molecule has 0 aliphatic carbocycles. The topological polar surface area (TPSA) is 107 Å². The zero-order chi connectivity index (χ0) is 24.2. The Morgan fingerprint density at radius 3 is 2.74 bits per heavy atom. The summed E-state index contributed by atoms with van der Waals surface area (Å²) in [5.74, 6) is -1.96.